The maximum atomic E-state index is 13.1. The number of amides is 2. The molecule has 0 bridgehead atoms. The van der Waals surface area contributed by atoms with Crippen molar-refractivity contribution in [3.8, 4) is 0 Å². The second kappa shape index (κ2) is 10.2. The molecular formula is C25H32N2O2. The molecule has 1 N–H and O–H groups in total. The highest BCUT2D eigenvalue weighted by atomic mass is 16.2. The Bertz CT molecular complexity index is 813. The van der Waals surface area contributed by atoms with Crippen molar-refractivity contribution in [2.24, 2.45) is 0 Å². The molecule has 29 heavy (non-hydrogen) atoms. The molecule has 0 aromatic heterocycles. The number of nitrogens with zero attached hydrogens (tertiary/aromatic N) is 1. The molecule has 1 aliphatic rings. The molecule has 0 radical (unpaired) electrons. The zero-order valence-corrected chi connectivity index (χ0v) is 17.6. The Morgan fingerprint density at radius 2 is 1.72 bits per heavy atom. The number of hydrogen-bond acceptors (Lipinski definition) is 2. The molecule has 1 fully saturated rings. The topological polar surface area (TPSA) is 49.4 Å². The first-order valence-electron chi connectivity index (χ1n) is 10.7. The van der Waals surface area contributed by atoms with Gasteiger partial charge >= 0.3 is 0 Å². The van der Waals surface area contributed by atoms with Gasteiger partial charge < -0.3 is 10.2 Å². The summed E-state index contributed by atoms with van der Waals surface area (Å²) in [5.74, 6) is -0.0259. The SMILES string of the molecule is Cc1cccc(CN(C(=O)CCc2ccccc2)C(C)C(=O)NC2CCCC2)c1. The standard InChI is InChI=1S/C25H32N2O2/c1-19-9-8-12-22(17-19)18-27(20(2)25(29)26-23-13-6-7-14-23)24(28)16-15-21-10-4-3-5-11-21/h3-5,8-12,17,20,23H,6-7,13-16,18H2,1-2H3,(H,26,29). The average Bonchev–Trinajstić information content (AvgIpc) is 3.23. The lowest BCUT2D eigenvalue weighted by Crippen LogP contribution is -2.49. The smallest absolute Gasteiger partial charge is 0.242 e. The largest absolute Gasteiger partial charge is 0.352 e. The van der Waals surface area contributed by atoms with Crippen LogP contribution >= 0.6 is 0 Å². The molecule has 4 nitrogen and oxygen atoms in total. The van der Waals surface area contributed by atoms with Crippen LogP contribution in [0.25, 0.3) is 0 Å². The maximum absolute atomic E-state index is 13.1. The molecule has 2 aromatic carbocycles. The molecule has 1 saturated carbocycles. The van der Waals surface area contributed by atoms with Gasteiger partial charge in [0.05, 0.1) is 0 Å². The Hall–Kier alpha value is -2.62. The lowest BCUT2D eigenvalue weighted by atomic mass is 10.1. The number of carbonyl (C=O) groups is 2. The summed E-state index contributed by atoms with van der Waals surface area (Å²) in [6.07, 6.45) is 5.50. The second-order valence-corrected chi connectivity index (χ2v) is 8.16. The maximum Gasteiger partial charge on any atom is 0.242 e. The molecule has 2 aromatic rings. The first-order valence-corrected chi connectivity index (χ1v) is 10.7. The third-order valence-corrected chi connectivity index (χ3v) is 5.77. The van der Waals surface area contributed by atoms with Crippen LogP contribution in [-0.2, 0) is 22.6 Å². The Kier molecular flexibility index (Phi) is 7.45. The van der Waals surface area contributed by atoms with Crippen LogP contribution in [0, 0.1) is 6.92 Å². The summed E-state index contributed by atoms with van der Waals surface area (Å²) in [6.45, 7) is 4.34. The van der Waals surface area contributed by atoms with E-state index in [-0.39, 0.29) is 17.9 Å². The third kappa shape index (κ3) is 6.18. The highest BCUT2D eigenvalue weighted by molar-refractivity contribution is 5.87. The van der Waals surface area contributed by atoms with E-state index in [1.165, 1.54) is 12.8 Å². The van der Waals surface area contributed by atoms with Gasteiger partial charge in [-0.15, -0.1) is 0 Å². The van der Waals surface area contributed by atoms with Crippen LogP contribution in [0.4, 0.5) is 0 Å². The van der Waals surface area contributed by atoms with Gasteiger partial charge in [-0.05, 0) is 44.2 Å². The molecule has 0 heterocycles. The van der Waals surface area contributed by atoms with Crippen molar-refractivity contribution in [3.05, 3.63) is 71.3 Å². The Balaban J connectivity index is 1.70. The van der Waals surface area contributed by atoms with Gasteiger partial charge in [0, 0.05) is 19.0 Å². The summed E-state index contributed by atoms with van der Waals surface area (Å²) in [4.78, 5) is 27.7. The Morgan fingerprint density at radius 3 is 2.41 bits per heavy atom. The molecule has 0 aliphatic heterocycles. The molecular weight excluding hydrogens is 360 g/mol. The van der Waals surface area contributed by atoms with Crippen LogP contribution in [0.1, 0.15) is 55.7 Å². The number of aryl methyl sites for hydroxylation is 2. The summed E-state index contributed by atoms with van der Waals surface area (Å²) in [6, 6.07) is 17.9. The zero-order valence-electron chi connectivity index (χ0n) is 17.6. The minimum absolute atomic E-state index is 0.0180. The fourth-order valence-electron chi connectivity index (χ4n) is 4.02. The van der Waals surface area contributed by atoms with Gasteiger partial charge in [0.1, 0.15) is 6.04 Å². The van der Waals surface area contributed by atoms with Crippen LogP contribution in [0.5, 0.6) is 0 Å². The van der Waals surface area contributed by atoms with E-state index >= 15 is 0 Å². The van der Waals surface area contributed by atoms with Crippen molar-refractivity contribution in [2.45, 2.75) is 71.0 Å². The van der Waals surface area contributed by atoms with E-state index < -0.39 is 6.04 Å². The fourth-order valence-corrected chi connectivity index (χ4v) is 4.02. The highest BCUT2D eigenvalue weighted by Crippen LogP contribution is 2.19. The van der Waals surface area contributed by atoms with Crippen molar-refractivity contribution in [2.75, 3.05) is 0 Å². The highest BCUT2D eigenvalue weighted by Gasteiger charge is 2.28. The van der Waals surface area contributed by atoms with Crippen LogP contribution in [0.2, 0.25) is 0 Å². The zero-order chi connectivity index (χ0) is 20.6. The monoisotopic (exact) mass is 392 g/mol. The van der Waals surface area contributed by atoms with E-state index in [2.05, 4.69) is 11.4 Å². The van der Waals surface area contributed by atoms with Gasteiger partial charge in [-0.1, -0.05) is 73.0 Å². The summed E-state index contributed by atoms with van der Waals surface area (Å²) in [5, 5.41) is 3.15. The normalized spacial score (nSPS) is 15.1. The average molecular weight is 393 g/mol. The van der Waals surface area contributed by atoms with Gasteiger partial charge in [-0.2, -0.15) is 0 Å². The van der Waals surface area contributed by atoms with Gasteiger partial charge in [0.2, 0.25) is 11.8 Å². The number of rotatable bonds is 8. The minimum atomic E-state index is -0.487. The number of nitrogens with one attached hydrogen (secondary N) is 1. The summed E-state index contributed by atoms with van der Waals surface area (Å²) in [5.41, 5.74) is 3.35. The molecule has 1 aliphatic carbocycles. The second-order valence-electron chi connectivity index (χ2n) is 8.16. The summed E-state index contributed by atoms with van der Waals surface area (Å²) >= 11 is 0. The fraction of sp³-hybridized carbons (Fsp3) is 0.440. The molecule has 154 valence electrons. The van der Waals surface area contributed by atoms with E-state index in [0.717, 1.165) is 29.5 Å². The van der Waals surface area contributed by atoms with Crippen molar-refractivity contribution < 1.29 is 9.59 Å². The van der Waals surface area contributed by atoms with E-state index in [1.54, 1.807) is 4.90 Å². The molecule has 3 rings (SSSR count). The Labute approximate surface area is 174 Å². The van der Waals surface area contributed by atoms with Gasteiger partial charge in [-0.25, -0.2) is 0 Å². The predicted octanol–water partition coefficient (Wildman–Crippen LogP) is 4.40. The molecule has 0 saturated heterocycles. The molecule has 4 heteroatoms. The molecule has 1 unspecified atom stereocenters. The molecule has 1 atom stereocenters. The number of carbonyl (C=O) groups excluding carboxylic acids is 2. The van der Waals surface area contributed by atoms with Crippen LogP contribution in [-0.4, -0.2) is 28.8 Å². The van der Waals surface area contributed by atoms with Crippen molar-refractivity contribution in [3.63, 3.8) is 0 Å². The van der Waals surface area contributed by atoms with E-state index in [4.69, 9.17) is 0 Å². The van der Waals surface area contributed by atoms with E-state index in [1.807, 2.05) is 62.4 Å². The molecule has 0 spiro atoms. The van der Waals surface area contributed by atoms with Crippen LogP contribution < -0.4 is 5.32 Å². The van der Waals surface area contributed by atoms with Crippen LogP contribution in [0.15, 0.2) is 54.6 Å². The van der Waals surface area contributed by atoms with Crippen LogP contribution in [0.3, 0.4) is 0 Å². The first-order chi connectivity index (χ1) is 14.0. The summed E-state index contributed by atoms with van der Waals surface area (Å²) in [7, 11) is 0. The number of benzene rings is 2. The van der Waals surface area contributed by atoms with E-state index in [0.29, 0.717) is 19.4 Å². The Morgan fingerprint density at radius 1 is 1.03 bits per heavy atom. The summed E-state index contributed by atoms with van der Waals surface area (Å²) < 4.78 is 0. The third-order valence-electron chi connectivity index (χ3n) is 5.77. The predicted molar refractivity (Wildman–Crippen MR) is 116 cm³/mol. The van der Waals surface area contributed by atoms with Crippen molar-refractivity contribution in [1.82, 2.24) is 10.2 Å². The molecule has 2 amide bonds. The lowest BCUT2D eigenvalue weighted by Gasteiger charge is -2.30. The van der Waals surface area contributed by atoms with Crippen molar-refractivity contribution >= 4 is 11.8 Å². The van der Waals surface area contributed by atoms with Gasteiger partial charge in [0.25, 0.3) is 0 Å². The van der Waals surface area contributed by atoms with E-state index in [9.17, 15) is 9.59 Å². The lowest BCUT2D eigenvalue weighted by molar-refractivity contribution is -0.140. The van der Waals surface area contributed by atoms with Gasteiger partial charge in [-0.3, -0.25) is 9.59 Å². The minimum Gasteiger partial charge on any atom is -0.352 e. The quantitative estimate of drug-likeness (QED) is 0.724. The van der Waals surface area contributed by atoms with Gasteiger partial charge in [0.15, 0.2) is 0 Å². The first kappa shape index (κ1) is 21.1. The number of hydrogen-bond donors (Lipinski definition) is 1. The van der Waals surface area contributed by atoms with Crippen molar-refractivity contribution in [1.29, 1.82) is 0 Å².